The number of benzene rings is 1. The van der Waals surface area contributed by atoms with Crippen LogP contribution in [0.25, 0.3) is 0 Å². The molecule has 0 radical (unpaired) electrons. The molecule has 2 aromatic rings. The first kappa shape index (κ1) is 16.4. The predicted octanol–water partition coefficient (Wildman–Crippen LogP) is 4.94. The third-order valence-electron chi connectivity index (χ3n) is 2.95. The van der Waals surface area contributed by atoms with Gasteiger partial charge in [0.2, 0.25) is 0 Å². The molecule has 0 spiro atoms. The van der Waals surface area contributed by atoms with Crippen molar-refractivity contribution in [1.82, 2.24) is 5.32 Å². The maximum atomic E-state index is 5.83. The number of ether oxygens (including phenoxy) is 1. The van der Waals surface area contributed by atoms with E-state index < -0.39 is 0 Å². The Morgan fingerprint density at radius 2 is 1.71 bits per heavy atom. The molecule has 4 heteroatoms. The lowest BCUT2D eigenvalue weighted by atomic mass is 10.1. The molecular formula is C17H23NOS2. The molecule has 0 saturated heterocycles. The van der Waals surface area contributed by atoms with Gasteiger partial charge in [0.05, 0.1) is 0 Å². The zero-order chi connectivity index (χ0) is 15.3. The first-order chi connectivity index (χ1) is 9.96. The van der Waals surface area contributed by atoms with Gasteiger partial charge in [0, 0.05) is 26.7 Å². The van der Waals surface area contributed by atoms with E-state index in [-0.39, 0.29) is 5.54 Å². The highest BCUT2D eigenvalue weighted by Gasteiger charge is 2.09. The van der Waals surface area contributed by atoms with E-state index in [9.17, 15) is 0 Å². The number of rotatable bonds is 6. The van der Waals surface area contributed by atoms with Crippen LogP contribution >= 0.6 is 23.1 Å². The molecule has 1 heterocycles. The minimum Gasteiger partial charge on any atom is -0.488 e. The summed E-state index contributed by atoms with van der Waals surface area (Å²) in [6.07, 6.45) is 2.08. The molecule has 0 amide bonds. The summed E-state index contributed by atoms with van der Waals surface area (Å²) < 4.78 is 5.83. The Kier molecular flexibility index (Phi) is 5.73. The van der Waals surface area contributed by atoms with Crippen molar-refractivity contribution in [3.05, 3.63) is 46.2 Å². The van der Waals surface area contributed by atoms with Gasteiger partial charge in [-0.05, 0) is 63.4 Å². The van der Waals surface area contributed by atoms with E-state index in [2.05, 4.69) is 56.6 Å². The molecule has 1 N–H and O–H groups in total. The Balaban J connectivity index is 1.84. The average molecular weight is 322 g/mol. The van der Waals surface area contributed by atoms with Crippen molar-refractivity contribution in [3.63, 3.8) is 0 Å². The molecule has 0 saturated carbocycles. The Morgan fingerprint density at radius 1 is 1.05 bits per heavy atom. The highest BCUT2D eigenvalue weighted by Crippen LogP contribution is 2.22. The number of hydrogen-bond acceptors (Lipinski definition) is 4. The molecule has 0 unspecified atom stereocenters. The number of thioether (sulfide) groups is 1. The van der Waals surface area contributed by atoms with Gasteiger partial charge in [0.15, 0.2) is 0 Å². The van der Waals surface area contributed by atoms with Crippen molar-refractivity contribution in [1.29, 1.82) is 0 Å². The molecule has 0 aliphatic rings. The minimum absolute atomic E-state index is 0.152. The maximum Gasteiger partial charge on any atom is 0.122 e. The van der Waals surface area contributed by atoms with Gasteiger partial charge >= 0.3 is 0 Å². The zero-order valence-electron chi connectivity index (χ0n) is 13.1. The zero-order valence-corrected chi connectivity index (χ0v) is 14.7. The predicted molar refractivity (Wildman–Crippen MR) is 93.5 cm³/mol. The molecule has 21 heavy (non-hydrogen) atoms. The van der Waals surface area contributed by atoms with Gasteiger partial charge in [-0.3, -0.25) is 0 Å². The fourth-order valence-corrected chi connectivity index (χ4v) is 3.05. The van der Waals surface area contributed by atoms with Crippen LogP contribution in [0.5, 0.6) is 5.75 Å². The van der Waals surface area contributed by atoms with Crippen molar-refractivity contribution in [2.45, 2.75) is 44.4 Å². The summed E-state index contributed by atoms with van der Waals surface area (Å²) in [5.41, 5.74) is 0.152. The van der Waals surface area contributed by atoms with Gasteiger partial charge in [-0.1, -0.05) is 0 Å². The van der Waals surface area contributed by atoms with Crippen molar-refractivity contribution in [2.24, 2.45) is 0 Å². The highest BCUT2D eigenvalue weighted by atomic mass is 32.2. The minimum atomic E-state index is 0.152. The lowest BCUT2D eigenvalue weighted by Crippen LogP contribution is -2.34. The lowest BCUT2D eigenvalue weighted by Gasteiger charge is -2.19. The second kappa shape index (κ2) is 7.34. The Bertz CT molecular complexity index is 555. The molecule has 0 fully saturated rings. The van der Waals surface area contributed by atoms with Crippen molar-refractivity contribution in [2.75, 3.05) is 6.26 Å². The normalized spacial score (nSPS) is 11.6. The quantitative estimate of drug-likeness (QED) is 0.762. The smallest absolute Gasteiger partial charge is 0.122 e. The fraction of sp³-hybridized carbons (Fsp3) is 0.412. The summed E-state index contributed by atoms with van der Waals surface area (Å²) >= 11 is 3.55. The maximum absolute atomic E-state index is 5.83. The van der Waals surface area contributed by atoms with Crippen molar-refractivity contribution < 1.29 is 4.74 Å². The van der Waals surface area contributed by atoms with Gasteiger partial charge in [0.1, 0.15) is 12.4 Å². The van der Waals surface area contributed by atoms with Crippen LogP contribution in [0.15, 0.2) is 41.3 Å². The molecule has 1 aromatic heterocycles. The van der Waals surface area contributed by atoms with Gasteiger partial charge in [-0.15, -0.1) is 23.1 Å². The Morgan fingerprint density at radius 3 is 2.33 bits per heavy atom. The van der Waals surface area contributed by atoms with E-state index in [1.54, 1.807) is 11.8 Å². The summed E-state index contributed by atoms with van der Waals surface area (Å²) in [7, 11) is 0. The number of thiophene rings is 1. The van der Waals surface area contributed by atoms with E-state index in [0.717, 1.165) is 12.3 Å². The first-order valence-electron chi connectivity index (χ1n) is 7.06. The number of nitrogens with one attached hydrogen (secondary N) is 1. The molecule has 1 aromatic carbocycles. The van der Waals surface area contributed by atoms with Gasteiger partial charge in [-0.25, -0.2) is 0 Å². The fourth-order valence-electron chi connectivity index (χ4n) is 1.77. The average Bonchev–Trinajstić information content (AvgIpc) is 2.91. The SMILES string of the molecule is CSc1ccc(OCc2ccc(CNC(C)(C)C)s2)cc1. The van der Waals surface area contributed by atoms with E-state index in [4.69, 9.17) is 4.74 Å². The van der Waals surface area contributed by atoms with Crippen LogP contribution in [0, 0.1) is 0 Å². The van der Waals surface area contributed by atoms with Crippen molar-refractivity contribution >= 4 is 23.1 Å². The van der Waals surface area contributed by atoms with Crippen LogP contribution in [-0.4, -0.2) is 11.8 Å². The highest BCUT2D eigenvalue weighted by molar-refractivity contribution is 7.98. The summed E-state index contributed by atoms with van der Waals surface area (Å²) in [6, 6.07) is 12.6. The third-order valence-corrected chi connectivity index (χ3v) is 4.75. The van der Waals surface area contributed by atoms with Gasteiger partial charge in [0.25, 0.3) is 0 Å². The van der Waals surface area contributed by atoms with E-state index >= 15 is 0 Å². The van der Waals surface area contributed by atoms with Crippen LogP contribution in [0.4, 0.5) is 0 Å². The molecule has 0 aliphatic carbocycles. The largest absolute Gasteiger partial charge is 0.488 e. The first-order valence-corrected chi connectivity index (χ1v) is 9.10. The molecule has 2 rings (SSSR count). The van der Waals surface area contributed by atoms with Crippen LogP contribution in [0.2, 0.25) is 0 Å². The molecule has 0 aliphatic heterocycles. The summed E-state index contributed by atoms with van der Waals surface area (Å²) in [5, 5.41) is 3.51. The number of hydrogen-bond donors (Lipinski definition) is 1. The molecule has 2 nitrogen and oxygen atoms in total. The van der Waals surface area contributed by atoms with Crippen LogP contribution in [-0.2, 0) is 13.2 Å². The lowest BCUT2D eigenvalue weighted by molar-refractivity contribution is 0.309. The van der Waals surface area contributed by atoms with Gasteiger partial charge < -0.3 is 10.1 Å². The van der Waals surface area contributed by atoms with Crippen molar-refractivity contribution in [3.8, 4) is 5.75 Å². The Hall–Kier alpha value is -0.970. The van der Waals surface area contributed by atoms with Crippen LogP contribution in [0.1, 0.15) is 30.5 Å². The summed E-state index contributed by atoms with van der Waals surface area (Å²) in [6.45, 7) is 8.10. The van der Waals surface area contributed by atoms with Gasteiger partial charge in [-0.2, -0.15) is 0 Å². The second-order valence-corrected chi connectivity index (χ2v) is 8.07. The van der Waals surface area contributed by atoms with Crippen LogP contribution < -0.4 is 10.1 Å². The standard InChI is InChI=1S/C17H23NOS2/c1-17(2,3)18-11-15-9-10-16(21-15)12-19-13-5-7-14(20-4)8-6-13/h5-10,18H,11-12H2,1-4H3. The molecular weight excluding hydrogens is 298 g/mol. The van der Waals surface area contributed by atoms with E-state index in [1.807, 2.05) is 23.5 Å². The summed E-state index contributed by atoms with van der Waals surface area (Å²) in [5.74, 6) is 0.926. The molecule has 114 valence electrons. The monoisotopic (exact) mass is 321 g/mol. The van der Waals surface area contributed by atoms with E-state index in [1.165, 1.54) is 14.6 Å². The summed E-state index contributed by atoms with van der Waals surface area (Å²) in [4.78, 5) is 3.87. The molecule has 0 bridgehead atoms. The third kappa shape index (κ3) is 5.73. The Labute approximate surface area is 135 Å². The van der Waals surface area contributed by atoms with E-state index in [0.29, 0.717) is 6.61 Å². The topological polar surface area (TPSA) is 21.3 Å². The second-order valence-electron chi connectivity index (χ2n) is 5.94. The molecule has 0 atom stereocenters. The van der Waals surface area contributed by atoms with Crippen LogP contribution in [0.3, 0.4) is 0 Å².